The highest BCUT2D eigenvalue weighted by atomic mass is 16.6. The van der Waals surface area contributed by atoms with Crippen molar-refractivity contribution in [1.82, 2.24) is 38.0 Å². The van der Waals surface area contributed by atoms with Gasteiger partial charge in [-0.2, -0.15) is 15.3 Å². The van der Waals surface area contributed by atoms with E-state index in [4.69, 9.17) is 45.1 Å². The summed E-state index contributed by atoms with van der Waals surface area (Å²) in [6.45, 7) is 24.7. The SMILES string of the molecule is CCC(C)(CC)N=C(C)CCC(=O)OC(C)COC(C)COC(=O)CCC(C)=NNC(=O)CC(O)(CC(=O)NN=C(C)CCC(=O)OCC(C)OCC(C)OC(=O)CCC(C)=NNC(=O)CC(O)(CC(=O)NNC(C)(CC)CC)C(=O)NN)C(=O)NN. The molecule has 0 bridgehead atoms. The lowest BCUT2D eigenvalue weighted by Crippen LogP contribution is -2.57. The normalized spacial score (nSPS) is 15.2. The maximum atomic E-state index is 12.8. The summed E-state index contributed by atoms with van der Waals surface area (Å²) >= 11 is 0. The fourth-order valence-electron chi connectivity index (χ4n) is 7.18. The fraction of sp³-hybridized carbons (Fsp3) is 0.750. The van der Waals surface area contributed by atoms with Crippen LogP contribution in [0.5, 0.6) is 0 Å². The van der Waals surface area contributed by atoms with Crippen LogP contribution in [0, 0.1) is 0 Å². The van der Waals surface area contributed by atoms with Crippen LogP contribution in [0.1, 0.15) is 200 Å². The molecule has 6 amide bonds. The Hall–Kier alpha value is -6.90. The first-order valence-corrected chi connectivity index (χ1v) is 29.1. The summed E-state index contributed by atoms with van der Waals surface area (Å²) in [4.78, 5) is 130. The van der Waals surface area contributed by atoms with Crippen LogP contribution in [0.15, 0.2) is 20.3 Å². The van der Waals surface area contributed by atoms with E-state index in [9.17, 15) is 58.2 Å². The fourth-order valence-corrected chi connectivity index (χ4v) is 7.18. The van der Waals surface area contributed by atoms with E-state index in [2.05, 4.69) is 63.2 Å². The number of aliphatic hydroxyl groups is 2. The summed E-state index contributed by atoms with van der Waals surface area (Å²) in [5, 5.41) is 33.6. The number of hydrazine groups is 3. The van der Waals surface area contributed by atoms with E-state index < -0.39 is 120 Å². The topological polar surface area (TPSA) is 452 Å². The standard InChI is InChI=1S/C56H99N13O18/c1-15-53(13,16-2)59-35(5)19-25-49(76)86-41(11)33-82-39(9)31-84-47(74)23-20-36(6)62-65-43(70)27-55(80,51(78)60-57)28-44(71)66-63-37(7)21-24-48(75)85-32-40(10)83-34-42(12)87-50(77)26-22-38(8)64-67-45(72)29-56(81,52(79)61-58)30-46(73)68-69-54(14,17-3)18-4/h39-42,69,80-81H,15-34,57-58H2,1-14H3,(H,60,78)(H,61,79)(H,65,70)(H,66,71)(H,67,72)(H,68,73). The number of aliphatic imine (C=N–C) groups is 1. The highest BCUT2D eigenvalue weighted by Gasteiger charge is 2.42. The van der Waals surface area contributed by atoms with Gasteiger partial charge in [-0.05, 0) is 121 Å². The van der Waals surface area contributed by atoms with Crippen molar-refractivity contribution < 1.29 is 86.6 Å². The number of hydrogen-bond acceptors (Lipinski definition) is 25. The number of hydrazone groups is 3. The average molecular weight is 1240 g/mol. The Labute approximate surface area is 510 Å². The van der Waals surface area contributed by atoms with E-state index in [0.29, 0.717) is 25.0 Å². The predicted octanol–water partition coefficient (Wildman–Crippen LogP) is 1.58. The molecule has 0 aromatic carbocycles. The zero-order valence-electron chi connectivity index (χ0n) is 53.3. The highest BCUT2D eigenvalue weighted by Crippen LogP contribution is 2.21. The number of esters is 4. The number of nitrogens with zero attached hydrogens (tertiary/aromatic N) is 4. The number of hydrogen-bond donors (Lipinski definition) is 11. The van der Waals surface area contributed by atoms with Crippen LogP contribution >= 0.6 is 0 Å². The molecule has 6 unspecified atom stereocenters. The lowest BCUT2D eigenvalue weighted by molar-refractivity contribution is -0.155. The van der Waals surface area contributed by atoms with Crippen LogP contribution in [0.3, 0.4) is 0 Å². The smallest absolute Gasteiger partial charge is 0.306 e. The first kappa shape index (κ1) is 80.1. The van der Waals surface area contributed by atoms with Crippen molar-refractivity contribution in [3.05, 3.63) is 0 Å². The molecule has 0 spiro atoms. The van der Waals surface area contributed by atoms with Gasteiger partial charge in [0.1, 0.15) is 25.4 Å². The summed E-state index contributed by atoms with van der Waals surface area (Å²) in [6.07, 6.45) is -2.38. The van der Waals surface area contributed by atoms with Crippen LogP contribution in [0.25, 0.3) is 0 Å². The molecule has 31 nitrogen and oxygen atoms in total. The molecule has 0 fully saturated rings. The van der Waals surface area contributed by atoms with Crippen LogP contribution in [0.4, 0.5) is 0 Å². The van der Waals surface area contributed by atoms with Gasteiger partial charge >= 0.3 is 23.9 Å². The van der Waals surface area contributed by atoms with E-state index in [-0.39, 0.29) is 94.3 Å². The van der Waals surface area contributed by atoms with Gasteiger partial charge in [-0.25, -0.2) is 33.4 Å². The highest BCUT2D eigenvalue weighted by molar-refractivity contribution is 5.97. The van der Waals surface area contributed by atoms with E-state index in [1.165, 1.54) is 20.8 Å². The van der Waals surface area contributed by atoms with Gasteiger partial charge in [-0.1, -0.05) is 27.7 Å². The van der Waals surface area contributed by atoms with Crippen molar-refractivity contribution >= 4 is 82.2 Å². The largest absolute Gasteiger partial charge is 0.463 e. The molecule has 13 N–H and O–H groups in total. The second-order valence-corrected chi connectivity index (χ2v) is 22.1. The zero-order chi connectivity index (χ0) is 66.6. The van der Waals surface area contributed by atoms with Gasteiger partial charge in [-0.15, -0.1) is 0 Å². The molecule has 0 aliphatic carbocycles. The van der Waals surface area contributed by atoms with Gasteiger partial charge in [0.05, 0.1) is 82.3 Å². The third-order valence-electron chi connectivity index (χ3n) is 13.7. The number of amides is 6. The summed E-state index contributed by atoms with van der Waals surface area (Å²) in [5.74, 6) is 2.17. The van der Waals surface area contributed by atoms with Crippen LogP contribution in [-0.4, -0.2) is 166 Å². The van der Waals surface area contributed by atoms with E-state index in [1.807, 2.05) is 27.7 Å². The molecular weight excluding hydrogens is 1140 g/mol. The van der Waals surface area contributed by atoms with Gasteiger partial charge < -0.3 is 38.6 Å². The molecule has 0 saturated heterocycles. The van der Waals surface area contributed by atoms with Crippen molar-refractivity contribution in [3.8, 4) is 0 Å². The Kier molecular flexibility index (Phi) is 38.0. The first-order chi connectivity index (χ1) is 40.6. The number of carbonyl (C=O) groups excluding carboxylic acids is 10. The molecule has 0 rings (SSSR count). The quantitative estimate of drug-likeness (QED) is 0.0103. The molecule has 0 aromatic rings. The minimum absolute atomic E-state index is 0.0263. The summed E-state index contributed by atoms with van der Waals surface area (Å²) in [7, 11) is 0. The summed E-state index contributed by atoms with van der Waals surface area (Å²) in [6, 6.07) is 0. The van der Waals surface area contributed by atoms with E-state index >= 15 is 0 Å². The number of nitrogens with two attached hydrogens (primary N) is 2. The lowest BCUT2D eigenvalue weighted by atomic mass is 9.93. The second-order valence-electron chi connectivity index (χ2n) is 22.1. The van der Waals surface area contributed by atoms with Crippen molar-refractivity contribution in [2.24, 2.45) is 32.0 Å². The van der Waals surface area contributed by atoms with Crippen LogP contribution in [-0.2, 0) is 76.4 Å². The third kappa shape index (κ3) is 35.5. The van der Waals surface area contributed by atoms with Crippen molar-refractivity contribution in [1.29, 1.82) is 0 Å². The second kappa shape index (κ2) is 41.3. The third-order valence-corrected chi connectivity index (χ3v) is 13.7. The lowest BCUT2D eigenvalue weighted by Gasteiger charge is -2.30. The van der Waals surface area contributed by atoms with Gasteiger partial charge in [0, 0.05) is 28.4 Å². The number of nitrogens with one attached hydrogen (secondary N) is 7. The average Bonchev–Trinajstić information content (AvgIpc) is 3.30. The van der Waals surface area contributed by atoms with Crippen molar-refractivity contribution in [2.75, 3.05) is 26.4 Å². The Morgan fingerprint density at radius 1 is 0.448 bits per heavy atom. The molecule has 6 atom stereocenters. The van der Waals surface area contributed by atoms with Crippen molar-refractivity contribution in [3.63, 3.8) is 0 Å². The van der Waals surface area contributed by atoms with Crippen molar-refractivity contribution in [2.45, 2.75) is 246 Å². The maximum Gasteiger partial charge on any atom is 0.306 e. The summed E-state index contributed by atoms with van der Waals surface area (Å²) < 4.78 is 32.6. The minimum Gasteiger partial charge on any atom is -0.463 e. The minimum atomic E-state index is -2.64. The Morgan fingerprint density at radius 3 is 1.09 bits per heavy atom. The maximum absolute atomic E-state index is 12.8. The molecule has 0 aliphatic heterocycles. The number of ether oxygens (including phenoxy) is 6. The van der Waals surface area contributed by atoms with Gasteiger partial charge in [-0.3, -0.25) is 69.2 Å². The first-order valence-electron chi connectivity index (χ1n) is 29.1. The van der Waals surface area contributed by atoms with E-state index in [0.717, 1.165) is 18.6 Å². The monoisotopic (exact) mass is 1240 g/mol. The van der Waals surface area contributed by atoms with Crippen LogP contribution < -0.4 is 49.7 Å². The molecule has 496 valence electrons. The molecule has 0 radical (unpaired) electrons. The van der Waals surface area contributed by atoms with E-state index in [1.54, 1.807) is 38.5 Å². The van der Waals surface area contributed by atoms with Crippen LogP contribution in [0.2, 0.25) is 0 Å². The molecular formula is C56H99N13O18. The van der Waals surface area contributed by atoms with Gasteiger partial charge in [0.25, 0.3) is 11.8 Å². The Bertz CT molecular complexity index is 2400. The summed E-state index contributed by atoms with van der Waals surface area (Å²) in [5.41, 5.74) is 11.3. The predicted molar refractivity (Wildman–Crippen MR) is 320 cm³/mol. The molecule has 87 heavy (non-hydrogen) atoms. The molecule has 0 aliphatic rings. The van der Waals surface area contributed by atoms with Gasteiger partial charge in [0.15, 0.2) is 11.2 Å². The molecule has 31 heteroatoms. The Balaban J connectivity index is 4.79. The number of rotatable bonds is 44. The Morgan fingerprint density at radius 2 is 0.770 bits per heavy atom. The zero-order valence-corrected chi connectivity index (χ0v) is 53.3. The number of carbonyl (C=O) groups is 10. The van der Waals surface area contributed by atoms with Gasteiger partial charge in [0.2, 0.25) is 23.6 Å². The molecule has 0 saturated carbocycles. The molecule has 0 aromatic heterocycles. The molecule has 0 heterocycles.